The minimum Gasteiger partial charge on any atom is -0.337 e. The fraction of sp³-hybridized carbons (Fsp3) is 0.636. The lowest BCUT2D eigenvalue weighted by Gasteiger charge is -2.32. The Kier molecular flexibility index (Phi) is 3.56. The fourth-order valence-corrected chi connectivity index (χ4v) is 2.27. The van der Waals surface area contributed by atoms with Crippen molar-refractivity contribution in [2.24, 2.45) is 11.7 Å². The number of carbonyl (C=O) groups excluding carboxylic acids is 1. The van der Waals surface area contributed by atoms with Gasteiger partial charge in [-0.15, -0.1) is 0 Å². The van der Waals surface area contributed by atoms with Crippen molar-refractivity contribution in [1.82, 2.24) is 15.1 Å². The van der Waals surface area contributed by atoms with Gasteiger partial charge in [-0.1, -0.05) is 0 Å². The zero-order valence-corrected chi connectivity index (χ0v) is 9.35. The summed E-state index contributed by atoms with van der Waals surface area (Å²) >= 11 is 0. The molecule has 5 nitrogen and oxygen atoms in total. The second kappa shape index (κ2) is 5.12. The molecule has 1 aliphatic rings. The summed E-state index contributed by atoms with van der Waals surface area (Å²) in [6, 6.07) is 1.72. The Hall–Kier alpha value is -1.36. The van der Waals surface area contributed by atoms with Gasteiger partial charge >= 0.3 is 0 Å². The van der Waals surface area contributed by atoms with Gasteiger partial charge in [-0.25, -0.2) is 0 Å². The van der Waals surface area contributed by atoms with Gasteiger partial charge in [-0.05, 0) is 37.8 Å². The van der Waals surface area contributed by atoms with Gasteiger partial charge in [-0.2, -0.15) is 5.10 Å². The van der Waals surface area contributed by atoms with Gasteiger partial charge < -0.3 is 10.6 Å². The molecule has 1 aliphatic heterocycles. The Morgan fingerprint density at radius 2 is 2.56 bits per heavy atom. The number of piperidine rings is 1. The van der Waals surface area contributed by atoms with E-state index in [9.17, 15) is 4.79 Å². The molecule has 3 N–H and O–H groups in total. The minimum absolute atomic E-state index is 0.0548. The van der Waals surface area contributed by atoms with E-state index < -0.39 is 0 Å². The van der Waals surface area contributed by atoms with Crippen LogP contribution in [0.5, 0.6) is 0 Å². The Balaban J connectivity index is 1.96. The first-order valence-corrected chi connectivity index (χ1v) is 5.80. The maximum Gasteiger partial charge on any atom is 0.271 e. The maximum absolute atomic E-state index is 12.0. The van der Waals surface area contributed by atoms with Gasteiger partial charge in [0.2, 0.25) is 0 Å². The molecule has 1 aromatic heterocycles. The van der Waals surface area contributed by atoms with Crippen molar-refractivity contribution in [3.05, 3.63) is 18.0 Å². The average molecular weight is 222 g/mol. The Bertz CT molecular complexity index is 334. The highest BCUT2D eigenvalue weighted by atomic mass is 16.2. The molecule has 0 saturated carbocycles. The number of nitrogens with one attached hydrogen (secondary N) is 1. The first kappa shape index (κ1) is 11.1. The number of nitrogens with two attached hydrogens (primary N) is 1. The van der Waals surface area contributed by atoms with E-state index in [1.807, 2.05) is 4.90 Å². The molecule has 16 heavy (non-hydrogen) atoms. The summed E-state index contributed by atoms with van der Waals surface area (Å²) < 4.78 is 0. The predicted octanol–water partition coefficient (Wildman–Crippen LogP) is 0.611. The smallest absolute Gasteiger partial charge is 0.271 e. The highest BCUT2D eigenvalue weighted by Crippen LogP contribution is 2.20. The van der Waals surface area contributed by atoms with Gasteiger partial charge in [0.1, 0.15) is 5.69 Å². The summed E-state index contributed by atoms with van der Waals surface area (Å²) in [5.74, 6) is 0.616. The number of nitrogens with zero attached hydrogens (tertiary/aromatic N) is 2. The van der Waals surface area contributed by atoms with Crippen LogP contribution in [0.15, 0.2) is 12.3 Å². The van der Waals surface area contributed by atoms with E-state index in [1.165, 1.54) is 6.42 Å². The van der Waals surface area contributed by atoms with Gasteiger partial charge in [0.05, 0.1) is 0 Å². The normalized spacial score (nSPS) is 21.1. The second-order valence-electron chi connectivity index (χ2n) is 4.31. The molecule has 1 unspecified atom stereocenters. The van der Waals surface area contributed by atoms with E-state index in [2.05, 4.69) is 10.2 Å². The first-order valence-electron chi connectivity index (χ1n) is 5.80. The number of likely N-dealkylation sites (tertiary alicyclic amines) is 1. The van der Waals surface area contributed by atoms with Crippen molar-refractivity contribution >= 4 is 5.91 Å². The van der Waals surface area contributed by atoms with Crippen LogP contribution in [0.4, 0.5) is 0 Å². The summed E-state index contributed by atoms with van der Waals surface area (Å²) in [6.07, 6.45) is 4.87. The van der Waals surface area contributed by atoms with Crippen LogP contribution < -0.4 is 5.73 Å². The molecule has 0 bridgehead atoms. The number of aromatic nitrogens is 2. The lowest BCUT2D eigenvalue weighted by Crippen LogP contribution is -2.40. The third kappa shape index (κ3) is 2.41. The van der Waals surface area contributed by atoms with Gasteiger partial charge in [0, 0.05) is 19.3 Å². The van der Waals surface area contributed by atoms with Crippen molar-refractivity contribution in [3.8, 4) is 0 Å². The third-order valence-electron chi connectivity index (χ3n) is 3.11. The molecular weight excluding hydrogens is 204 g/mol. The van der Waals surface area contributed by atoms with Crippen LogP contribution in [-0.2, 0) is 0 Å². The standard InChI is InChI=1S/C11H18N4O/c12-5-3-9-2-1-7-15(8-9)11(16)10-4-6-13-14-10/h4,6,9H,1-3,5,7-8,12H2,(H,13,14). The molecule has 0 aliphatic carbocycles. The lowest BCUT2D eigenvalue weighted by atomic mass is 9.95. The number of carbonyl (C=O) groups is 1. The van der Waals surface area contributed by atoms with E-state index in [0.29, 0.717) is 18.2 Å². The Morgan fingerprint density at radius 1 is 1.69 bits per heavy atom. The third-order valence-corrected chi connectivity index (χ3v) is 3.11. The Morgan fingerprint density at radius 3 is 3.25 bits per heavy atom. The zero-order chi connectivity index (χ0) is 11.4. The molecule has 1 fully saturated rings. The highest BCUT2D eigenvalue weighted by Gasteiger charge is 2.24. The van der Waals surface area contributed by atoms with Crippen LogP contribution in [0.25, 0.3) is 0 Å². The van der Waals surface area contributed by atoms with Gasteiger partial charge in [-0.3, -0.25) is 9.89 Å². The summed E-state index contributed by atoms with van der Waals surface area (Å²) in [7, 11) is 0. The molecule has 2 rings (SSSR count). The summed E-state index contributed by atoms with van der Waals surface area (Å²) in [5.41, 5.74) is 6.13. The van der Waals surface area contributed by atoms with Crippen molar-refractivity contribution in [3.63, 3.8) is 0 Å². The van der Waals surface area contributed by atoms with E-state index in [0.717, 1.165) is 25.9 Å². The molecule has 0 aromatic carbocycles. The molecule has 1 amide bonds. The Labute approximate surface area is 95.0 Å². The SMILES string of the molecule is NCCC1CCCN(C(=O)c2ccn[nH]2)C1. The number of rotatable bonds is 3. The van der Waals surface area contributed by atoms with E-state index in [4.69, 9.17) is 5.73 Å². The predicted molar refractivity (Wildman–Crippen MR) is 60.9 cm³/mol. The van der Waals surface area contributed by atoms with E-state index >= 15 is 0 Å². The lowest BCUT2D eigenvalue weighted by molar-refractivity contribution is 0.0663. The molecule has 1 atom stereocenters. The summed E-state index contributed by atoms with van der Waals surface area (Å²) in [4.78, 5) is 13.9. The average Bonchev–Trinajstić information content (AvgIpc) is 2.82. The number of hydrogen-bond acceptors (Lipinski definition) is 3. The largest absolute Gasteiger partial charge is 0.337 e. The molecule has 0 spiro atoms. The number of amides is 1. The molecule has 5 heteroatoms. The van der Waals surface area contributed by atoms with Crippen molar-refractivity contribution in [1.29, 1.82) is 0 Å². The fourth-order valence-electron chi connectivity index (χ4n) is 2.27. The first-order chi connectivity index (χ1) is 7.81. The minimum atomic E-state index is 0.0548. The number of H-pyrrole nitrogens is 1. The van der Waals surface area contributed by atoms with Gasteiger partial charge in [0.15, 0.2) is 0 Å². The van der Waals surface area contributed by atoms with Crippen molar-refractivity contribution in [2.45, 2.75) is 19.3 Å². The van der Waals surface area contributed by atoms with Gasteiger partial charge in [0.25, 0.3) is 5.91 Å². The molecule has 1 saturated heterocycles. The van der Waals surface area contributed by atoms with Crippen LogP contribution in [0, 0.1) is 5.92 Å². The number of hydrogen-bond donors (Lipinski definition) is 2. The van der Waals surface area contributed by atoms with Crippen LogP contribution in [0.2, 0.25) is 0 Å². The molecule has 2 heterocycles. The number of aromatic amines is 1. The summed E-state index contributed by atoms with van der Waals surface area (Å²) in [6.45, 7) is 2.38. The van der Waals surface area contributed by atoms with Crippen LogP contribution >= 0.6 is 0 Å². The summed E-state index contributed by atoms with van der Waals surface area (Å²) in [5, 5.41) is 6.52. The van der Waals surface area contributed by atoms with Crippen LogP contribution in [0.3, 0.4) is 0 Å². The second-order valence-corrected chi connectivity index (χ2v) is 4.31. The molecule has 88 valence electrons. The quantitative estimate of drug-likeness (QED) is 0.786. The highest BCUT2D eigenvalue weighted by molar-refractivity contribution is 5.92. The monoisotopic (exact) mass is 222 g/mol. The van der Waals surface area contributed by atoms with Crippen LogP contribution in [0.1, 0.15) is 29.8 Å². The van der Waals surface area contributed by atoms with E-state index in [-0.39, 0.29) is 5.91 Å². The van der Waals surface area contributed by atoms with Crippen molar-refractivity contribution in [2.75, 3.05) is 19.6 Å². The van der Waals surface area contributed by atoms with E-state index in [1.54, 1.807) is 12.3 Å². The zero-order valence-electron chi connectivity index (χ0n) is 9.35. The van der Waals surface area contributed by atoms with Crippen LogP contribution in [-0.4, -0.2) is 40.6 Å². The molecular formula is C11H18N4O. The maximum atomic E-state index is 12.0. The van der Waals surface area contributed by atoms with Crippen molar-refractivity contribution < 1.29 is 4.79 Å². The topological polar surface area (TPSA) is 75.0 Å². The molecule has 1 aromatic rings. The molecule has 0 radical (unpaired) electrons.